The number of fused-ring (bicyclic) bond motifs is 1. The first-order valence-electron chi connectivity index (χ1n) is 36.4. The molecule has 2 aromatic rings. The first kappa shape index (κ1) is 92.4. The lowest BCUT2D eigenvalue weighted by molar-refractivity contribution is -0.156. The molecule has 614 valence electrons. The largest absolute Gasteiger partial charge is 0.481 e. The van der Waals surface area contributed by atoms with Crippen LogP contribution >= 0.6 is 0 Å². The first-order chi connectivity index (χ1) is 53.0. The number of aliphatic carboxylic acids is 3. The van der Waals surface area contributed by atoms with Gasteiger partial charge in [-0.2, -0.15) is 0 Å². The minimum absolute atomic E-state index is 0.0124. The Morgan fingerprint density at radius 1 is 0.562 bits per heavy atom. The molecule has 0 radical (unpaired) electrons. The molecule has 14 amide bonds. The number of ketones is 1. The number of primary amides is 1. The zero-order chi connectivity index (χ0) is 83.5. The number of unbranched alkanes of at least 4 members (excludes halogenated alkanes) is 6. The van der Waals surface area contributed by atoms with Crippen LogP contribution in [0.25, 0.3) is 5.57 Å². The molecule has 40 heteroatoms. The van der Waals surface area contributed by atoms with E-state index in [1.54, 1.807) is 12.1 Å². The fourth-order valence-electron chi connectivity index (χ4n) is 11.7. The zero-order valence-electron chi connectivity index (χ0n) is 62.7. The van der Waals surface area contributed by atoms with Crippen molar-refractivity contribution in [3.8, 4) is 0 Å². The number of aliphatic hydroxyl groups is 1. The molecule has 1 heterocycles. The number of rotatable bonds is 33. The van der Waals surface area contributed by atoms with Crippen LogP contribution in [0.15, 0.2) is 54.6 Å². The maximum absolute atomic E-state index is 14.8. The van der Waals surface area contributed by atoms with Gasteiger partial charge in [0.25, 0.3) is 0 Å². The van der Waals surface area contributed by atoms with Crippen molar-refractivity contribution in [2.45, 2.75) is 216 Å². The molecule has 1 aliphatic heterocycles. The number of ether oxygens (including phenoxy) is 1. The van der Waals surface area contributed by atoms with E-state index in [1.165, 1.54) is 24.3 Å². The Bertz CT molecular complexity index is 3820. The number of nitrogens with one attached hydrogen (secondary N) is 13. The van der Waals surface area contributed by atoms with Gasteiger partial charge in [0.15, 0.2) is 5.78 Å². The van der Waals surface area contributed by atoms with Gasteiger partial charge in [-0.3, -0.25) is 86.3 Å². The molecular formula is C72H102N16O24. The minimum Gasteiger partial charge on any atom is -0.481 e. The number of Topliss-reactive ketones (excluding diaryl/α,β-unsaturated/α-hetero) is 1. The van der Waals surface area contributed by atoms with Crippen LogP contribution in [0.5, 0.6) is 0 Å². The Morgan fingerprint density at radius 3 is 1.72 bits per heavy atom. The summed E-state index contributed by atoms with van der Waals surface area (Å²) in [6.07, 6.45) is 0.405. The number of hydrogen-bond acceptors (Lipinski definition) is 23. The van der Waals surface area contributed by atoms with E-state index in [1.807, 2.05) is 28.8 Å². The summed E-state index contributed by atoms with van der Waals surface area (Å²) >= 11 is 0. The third kappa shape index (κ3) is 31.2. The summed E-state index contributed by atoms with van der Waals surface area (Å²) in [5.41, 5.74) is 19.3. The first-order valence-corrected chi connectivity index (χ1v) is 36.4. The van der Waals surface area contributed by atoms with Gasteiger partial charge in [0.2, 0.25) is 82.7 Å². The number of aliphatic hydroxyl groups excluding tert-OH is 1. The summed E-state index contributed by atoms with van der Waals surface area (Å²) in [6, 6.07) is -8.75. The van der Waals surface area contributed by atoms with Gasteiger partial charge < -0.3 is 111 Å². The van der Waals surface area contributed by atoms with Crippen LogP contribution < -0.4 is 86.3 Å². The highest BCUT2D eigenvalue weighted by Gasteiger charge is 2.41. The van der Waals surface area contributed by atoms with Crippen molar-refractivity contribution < 1.29 is 116 Å². The lowest BCUT2D eigenvalue weighted by Gasteiger charge is -2.30. The van der Waals surface area contributed by atoms with Crippen molar-refractivity contribution >= 4 is 124 Å². The quantitative estimate of drug-likeness (QED) is 0.0138. The standard InChI is InChI=1S/C72H102N16O24/c1-6-7-8-9-10-11-12-23-54(92)81-46(28-41-25-24-40-18-13-14-19-42(40)41)66(105)84-47(30-53(75)91)67(106)85-49(32-59(99)100)68(107)88-61-39(5)112-72(111)50(29-52(90)43-20-15-16-21-44(43)74)86-71(110)60(36(2)27-57(95)96)87-69(108)51(35-89)82-56(94)33-76-64(103)48(31-58(97)98)83-63(102)38(4)78-62(101)37(3)79-65(104)45(22-17-26-73)80-55(93)34-77-70(61)109/h13-16,18-21,25,36-39,45-51,60-61,89H,6-12,17,22-24,26-35,73-74H2,1-5H3,(H2,75,91)(H,76,103)(H,77,109)(H,78,101)(H,79,104)(H,80,93)(H,81,92)(H,82,94)(H,83,102)(H,84,105)(H,85,106)(H,86,110)(H,87,108)(H,88,107)(H,95,96)(H,97,98)(H,99,100)/t36?,37-,38+,39+,45-,46-,47+,48-,49-,50-,51+,60-,61-/m0/s1. The normalized spacial score (nSPS) is 21.8. The van der Waals surface area contributed by atoms with Crippen LogP contribution in [0.3, 0.4) is 0 Å². The molecule has 23 N–H and O–H groups in total. The number of carbonyl (C=O) groups is 19. The predicted octanol–water partition coefficient (Wildman–Crippen LogP) is -4.77. The van der Waals surface area contributed by atoms with Crippen molar-refractivity contribution in [2.24, 2.45) is 17.4 Å². The fraction of sp³-hybridized carbons (Fsp3) is 0.542. The third-order valence-electron chi connectivity index (χ3n) is 17.9. The molecule has 13 atom stereocenters. The van der Waals surface area contributed by atoms with E-state index < -0.39 is 243 Å². The number of hydrogen-bond donors (Lipinski definition) is 20. The predicted molar refractivity (Wildman–Crippen MR) is 394 cm³/mol. The lowest BCUT2D eigenvalue weighted by Crippen LogP contribution is -2.61. The summed E-state index contributed by atoms with van der Waals surface area (Å²) in [5, 5.41) is 69.0. The zero-order valence-corrected chi connectivity index (χ0v) is 62.7. The van der Waals surface area contributed by atoms with Crippen LogP contribution in [-0.2, 0) is 97.5 Å². The maximum Gasteiger partial charge on any atom is 0.329 e. The second-order valence-electron chi connectivity index (χ2n) is 27.1. The SMILES string of the molecule is CCCCCCCCCC(=O)N[C@@H](CC1=CCc2ccccc21)C(=O)N[C@H](CC(N)=O)C(=O)N[C@@H](CC(=O)O)C(=O)N[C@@H]1C(=O)NCC(=O)N[C@@H](CCCN)C(=O)N[C@@H](C)C(=O)N[C@H](C)C(=O)N[C@@H](CC(=O)O)C(=O)NCC(=O)N[C@H](CO)C(=O)N[C@@H](C(C)CC(=O)O)C(=O)N[C@@H](CC(=O)c2ccccc2N)C(=O)O[C@@H]1C. The van der Waals surface area contributed by atoms with Gasteiger partial charge in [-0.15, -0.1) is 0 Å². The second-order valence-corrected chi connectivity index (χ2v) is 27.1. The molecule has 4 rings (SSSR count). The molecule has 1 fully saturated rings. The van der Waals surface area contributed by atoms with Gasteiger partial charge in [0, 0.05) is 30.5 Å². The molecule has 0 aromatic heterocycles. The van der Waals surface area contributed by atoms with E-state index >= 15 is 0 Å². The number of carbonyl (C=O) groups excluding carboxylic acids is 16. The van der Waals surface area contributed by atoms with Crippen LogP contribution in [-0.4, -0.2) is 232 Å². The molecular weight excluding hydrogens is 1470 g/mol. The van der Waals surface area contributed by atoms with E-state index in [9.17, 15) is 112 Å². The van der Waals surface area contributed by atoms with E-state index in [2.05, 4.69) is 65.4 Å². The van der Waals surface area contributed by atoms with E-state index in [4.69, 9.17) is 21.9 Å². The summed E-state index contributed by atoms with van der Waals surface area (Å²) in [7, 11) is 0. The van der Waals surface area contributed by atoms with Crippen LogP contribution in [0, 0.1) is 5.92 Å². The number of esters is 1. The van der Waals surface area contributed by atoms with Crippen molar-refractivity contribution in [3.05, 3.63) is 71.3 Å². The number of nitrogen functional groups attached to an aromatic ring is 1. The molecule has 1 unspecified atom stereocenters. The summed E-state index contributed by atoms with van der Waals surface area (Å²) in [6.45, 7) is 2.74. The average molecular weight is 1580 g/mol. The monoisotopic (exact) mass is 1570 g/mol. The molecule has 1 aliphatic carbocycles. The fourth-order valence-corrected chi connectivity index (χ4v) is 11.7. The van der Waals surface area contributed by atoms with Crippen LogP contribution in [0.4, 0.5) is 5.69 Å². The van der Waals surface area contributed by atoms with Crippen LogP contribution in [0.2, 0.25) is 0 Å². The van der Waals surface area contributed by atoms with Crippen molar-refractivity contribution in [1.29, 1.82) is 0 Å². The number of benzene rings is 2. The summed E-state index contributed by atoms with van der Waals surface area (Å²) < 4.78 is 5.70. The smallest absolute Gasteiger partial charge is 0.329 e. The second kappa shape index (κ2) is 46.5. The molecule has 2 aromatic carbocycles. The van der Waals surface area contributed by atoms with Gasteiger partial charge >= 0.3 is 23.9 Å². The number of carboxylic acid groups (broad SMARTS) is 3. The summed E-state index contributed by atoms with van der Waals surface area (Å²) in [4.78, 5) is 260. The lowest BCUT2D eigenvalue weighted by atomic mass is 9.96. The maximum atomic E-state index is 14.8. The third-order valence-corrected chi connectivity index (χ3v) is 17.9. The van der Waals surface area contributed by atoms with Gasteiger partial charge in [0.05, 0.1) is 45.4 Å². The number of allylic oxidation sites excluding steroid dienone is 1. The number of carboxylic acids is 3. The Kier molecular flexibility index (Phi) is 38.4. The average Bonchev–Trinajstić information content (AvgIpc) is 1.58. The number of amides is 14. The Labute approximate surface area is 643 Å². The highest BCUT2D eigenvalue weighted by Crippen LogP contribution is 2.31. The molecule has 112 heavy (non-hydrogen) atoms. The van der Waals surface area contributed by atoms with Gasteiger partial charge in [0.1, 0.15) is 72.6 Å². The molecule has 0 saturated carbocycles. The Morgan fingerprint density at radius 2 is 1.12 bits per heavy atom. The summed E-state index contributed by atoms with van der Waals surface area (Å²) in [5.74, 6) is -26.5. The number of cyclic esters (lactones) is 1. The van der Waals surface area contributed by atoms with Gasteiger partial charge in [-0.1, -0.05) is 94.8 Å². The molecule has 0 bridgehead atoms. The molecule has 2 aliphatic rings. The van der Waals surface area contributed by atoms with Crippen molar-refractivity contribution in [2.75, 3.05) is 32.0 Å². The minimum atomic E-state index is -2.38. The van der Waals surface area contributed by atoms with E-state index in [0.717, 1.165) is 70.9 Å². The highest BCUT2D eigenvalue weighted by atomic mass is 16.5. The topological polar surface area (TPSA) is 649 Å². The van der Waals surface area contributed by atoms with Crippen molar-refractivity contribution in [1.82, 2.24) is 69.1 Å². The van der Waals surface area contributed by atoms with E-state index in [-0.39, 0.29) is 43.5 Å². The Balaban J connectivity index is 1.84. The number of para-hydroxylation sites is 1. The molecule has 40 nitrogen and oxygen atoms in total. The number of nitrogens with two attached hydrogens (primary N) is 3. The molecule has 0 spiro atoms. The highest BCUT2D eigenvalue weighted by molar-refractivity contribution is 6.05. The van der Waals surface area contributed by atoms with Crippen LogP contribution in [0.1, 0.15) is 159 Å². The van der Waals surface area contributed by atoms with Gasteiger partial charge in [-0.05, 0) is 87.7 Å². The Hall–Kier alpha value is -12.0. The van der Waals surface area contributed by atoms with E-state index in [0.29, 0.717) is 24.8 Å². The van der Waals surface area contributed by atoms with Crippen molar-refractivity contribution in [3.63, 3.8) is 0 Å². The molecule has 1 saturated heterocycles. The van der Waals surface area contributed by atoms with Gasteiger partial charge in [-0.25, -0.2) is 4.79 Å². The number of anilines is 1.